The molecule has 0 bridgehead atoms. The summed E-state index contributed by atoms with van der Waals surface area (Å²) in [6.45, 7) is 2.24. The van der Waals surface area contributed by atoms with Crippen LogP contribution in [0, 0.1) is 0 Å². The molecule has 8 heteroatoms. The van der Waals surface area contributed by atoms with Crippen LogP contribution in [0.25, 0.3) is 11.4 Å². The highest BCUT2D eigenvalue weighted by atomic mass is 32.2. The number of methoxy groups -OCH3 is 2. The summed E-state index contributed by atoms with van der Waals surface area (Å²) in [4.78, 5) is 0. The SMILES string of the molecule is COc1ccc(OCCCSc2nnc(-c3ccc(OC)cc3)n2CC2CCCO2)cc1. The number of thioether (sulfide) groups is 1. The summed E-state index contributed by atoms with van der Waals surface area (Å²) < 4.78 is 24.4. The van der Waals surface area contributed by atoms with Crippen LogP contribution in [-0.2, 0) is 11.3 Å². The summed E-state index contributed by atoms with van der Waals surface area (Å²) in [6.07, 6.45) is 3.29. The van der Waals surface area contributed by atoms with E-state index >= 15 is 0 Å². The maximum atomic E-state index is 5.88. The molecular formula is C24H29N3O4S. The Morgan fingerprint density at radius 1 is 0.969 bits per heavy atom. The molecule has 1 fully saturated rings. The molecule has 32 heavy (non-hydrogen) atoms. The average Bonchev–Trinajstić information content (AvgIpc) is 3.50. The zero-order valence-electron chi connectivity index (χ0n) is 18.5. The summed E-state index contributed by atoms with van der Waals surface area (Å²) >= 11 is 1.70. The van der Waals surface area contributed by atoms with E-state index in [0.29, 0.717) is 6.61 Å². The highest BCUT2D eigenvalue weighted by molar-refractivity contribution is 7.99. The molecule has 0 saturated carbocycles. The Balaban J connectivity index is 1.37. The lowest BCUT2D eigenvalue weighted by atomic mass is 10.2. The second kappa shape index (κ2) is 11.2. The zero-order chi connectivity index (χ0) is 22.2. The molecule has 1 aliphatic heterocycles. The molecule has 170 valence electrons. The van der Waals surface area contributed by atoms with Crippen molar-refractivity contribution >= 4 is 11.8 Å². The molecule has 0 radical (unpaired) electrons. The number of hydrogen-bond donors (Lipinski definition) is 0. The Bertz CT molecular complexity index is 970. The zero-order valence-corrected chi connectivity index (χ0v) is 19.3. The van der Waals surface area contributed by atoms with Crippen LogP contribution >= 0.6 is 11.8 Å². The van der Waals surface area contributed by atoms with Gasteiger partial charge in [-0.3, -0.25) is 4.57 Å². The van der Waals surface area contributed by atoms with Crippen molar-refractivity contribution in [3.8, 4) is 28.6 Å². The third kappa shape index (κ3) is 5.75. The van der Waals surface area contributed by atoms with Crippen molar-refractivity contribution < 1.29 is 18.9 Å². The van der Waals surface area contributed by atoms with Gasteiger partial charge < -0.3 is 18.9 Å². The lowest BCUT2D eigenvalue weighted by Crippen LogP contribution is -2.16. The quantitative estimate of drug-likeness (QED) is 0.307. The van der Waals surface area contributed by atoms with E-state index in [1.54, 1.807) is 26.0 Å². The third-order valence-corrected chi connectivity index (χ3v) is 6.38. The standard InChI is InChI=1S/C24H29N3O4S/c1-28-19-8-6-18(7-9-19)23-25-26-24(27(23)17-22-5-3-14-31-22)32-16-4-15-30-21-12-10-20(29-2)11-13-21/h6-13,22H,3-5,14-17H2,1-2H3. The molecule has 1 unspecified atom stereocenters. The molecule has 1 aliphatic rings. The minimum atomic E-state index is 0.209. The first-order valence-corrected chi connectivity index (χ1v) is 11.8. The molecular weight excluding hydrogens is 426 g/mol. The molecule has 0 N–H and O–H groups in total. The van der Waals surface area contributed by atoms with Crippen molar-refractivity contribution in [2.24, 2.45) is 0 Å². The van der Waals surface area contributed by atoms with E-state index in [4.69, 9.17) is 18.9 Å². The normalized spacial score (nSPS) is 15.6. The van der Waals surface area contributed by atoms with Gasteiger partial charge in [0.05, 0.1) is 33.5 Å². The second-order valence-electron chi connectivity index (χ2n) is 7.51. The van der Waals surface area contributed by atoms with Gasteiger partial charge in [0.2, 0.25) is 0 Å². The van der Waals surface area contributed by atoms with E-state index in [9.17, 15) is 0 Å². The fourth-order valence-electron chi connectivity index (χ4n) is 3.59. The molecule has 4 rings (SSSR count). The van der Waals surface area contributed by atoms with Crippen molar-refractivity contribution in [2.75, 3.05) is 33.2 Å². The number of nitrogens with zero attached hydrogens (tertiary/aromatic N) is 3. The fraction of sp³-hybridized carbons (Fsp3) is 0.417. The highest BCUT2D eigenvalue weighted by Crippen LogP contribution is 2.28. The maximum Gasteiger partial charge on any atom is 0.191 e. The Morgan fingerprint density at radius 2 is 1.66 bits per heavy atom. The van der Waals surface area contributed by atoms with Crippen LogP contribution in [0.4, 0.5) is 0 Å². The molecule has 1 atom stereocenters. The summed E-state index contributed by atoms with van der Waals surface area (Å²) in [5.41, 5.74) is 1.02. The van der Waals surface area contributed by atoms with Crippen LogP contribution in [0.1, 0.15) is 19.3 Å². The van der Waals surface area contributed by atoms with E-state index in [0.717, 1.165) is 72.0 Å². The molecule has 1 saturated heterocycles. The van der Waals surface area contributed by atoms with Crippen molar-refractivity contribution in [1.82, 2.24) is 14.8 Å². The summed E-state index contributed by atoms with van der Waals surface area (Å²) in [5.74, 6) is 4.25. The monoisotopic (exact) mass is 455 g/mol. The van der Waals surface area contributed by atoms with Gasteiger partial charge in [-0.2, -0.15) is 0 Å². The predicted molar refractivity (Wildman–Crippen MR) is 125 cm³/mol. The van der Waals surface area contributed by atoms with Crippen molar-refractivity contribution in [1.29, 1.82) is 0 Å². The van der Waals surface area contributed by atoms with Gasteiger partial charge in [-0.05, 0) is 67.8 Å². The molecule has 7 nitrogen and oxygen atoms in total. The van der Waals surface area contributed by atoms with Gasteiger partial charge in [-0.1, -0.05) is 11.8 Å². The summed E-state index contributed by atoms with van der Waals surface area (Å²) in [5, 5.41) is 9.90. The molecule has 3 aromatic rings. The number of rotatable bonds is 11. The minimum Gasteiger partial charge on any atom is -0.497 e. The lowest BCUT2D eigenvalue weighted by Gasteiger charge is -2.15. The minimum absolute atomic E-state index is 0.209. The van der Waals surface area contributed by atoms with Crippen molar-refractivity contribution in [3.63, 3.8) is 0 Å². The predicted octanol–water partition coefficient (Wildman–Crippen LogP) is 4.70. The fourth-order valence-corrected chi connectivity index (χ4v) is 4.45. The Morgan fingerprint density at radius 3 is 2.31 bits per heavy atom. The summed E-state index contributed by atoms with van der Waals surface area (Å²) in [6, 6.07) is 15.6. The second-order valence-corrected chi connectivity index (χ2v) is 8.57. The Labute approximate surface area is 193 Å². The van der Waals surface area contributed by atoms with Gasteiger partial charge in [0.1, 0.15) is 17.2 Å². The number of hydrogen-bond acceptors (Lipinski definition) is 7. The van der Waals surface area contributed by atoms with Crippen molar-refractivity contribution in [3.05, 3.63) is 48.5 Å². The lowest BCUT2D eigenvalue weighted by molar-refractivity contribution is 0.0953. The Kier molecular flexibility index (Phi) is 7.90. The van der Waals surface area contributed by atoms with Crippen LogP contribution in [0.3, 0.4) is 0 Å². The highest BCUT2D eigenvalue weighted by Gasteiger charge is 2.21. The van der Waals surface area contributed by atoms with E-state index in [1.807, 2.05) is 48.5 Å². The van der Waals surface area contributed by atoms with E-state index in [1.165, 1.54) is 0 Å². The van der Waals surface area contributed by atoms with Gasteiger partial charge >= 0.3 is 0 Å². The third-order valence-electron chi connectivity index (χ3n) is 5.32. The van der Waals surface area contributed by atoms with Crippen LogP contribution in [0.15, 0.2) is 53.7 Å². The van der Waals surface area contributed by atoms with Crippen LogP contribution in [-0.4, -0.2) is 54.1 Å². The van der Waals surface area contributed by atoms with Crippen molar-refractivity contribution in [2.45, 2.75) is 37.1 Å². The first-order chi connectivity index (χ1) is 15.8. The smallest absolute Gasteiger partial charge is 0.191 e. The van der Waals surface area contributed by atoms with Gasteiger partial charge in [0, 0.05) is 17.9 Å². The van der Waals surface area contributed by atoms with Crippen LogP contribution in [0.2, 0.25) is 0 Å². The average molecular weight is 456 g/mol. The molecule has 2 aromatic carbocycles. The maximum absolute atomic E-state index is 5.88. The number of aromatic nitrogens is 3. The molecule has 2 heterocycles. The summed E-state index contributed by atoms with van der Waals surface area (Å²) in [7, 11) is 3.33. The first-order valence-electron chi connectivity index (χ1n) is 10.9. The van der Waals surface area contributed by atoms with Crippen LogP contribution < -0.4 is 14.2 Å². The van der Waals surface area contributed by atoms with Gasteiger partial charge in [0.15, 0.2) is 11.0 Å². The number of ether oxygens (including phenoxy) is 4. The Hall–Kier alpha value is -2.71. The van der Waals surface area contributed by atoms with E-state index < -0.39 is 0 Å². The molecule has 0 aliphatic carbocycles. The van der Waals surface area contributed by atoms with Gasteiger partial charge in [-0.15, -0.1) is 10.2 Å². The van der Waals surface area contributed by atoms with Gasteiger partial charge in [-0.25, -0.2) is 0 Å². The van der Waals surface area contributed by atoms with E-state index in [2.05, 4.69) is 14.8 Å². The molecule has 0 amide bonds. The van der Waals surface area contributed by atoms with E-state index in [-0.39, 0.29) is 6.10 Å². The first kappa shape index (κ1) is 22.5. The molecule has 1 aromatic heterocycles. The van der Waals surface area contributed by atoms with Crippen LogP contribution in [0.5, 0.6) is 17.2 Å². The number of benzene rings is 2. The largest absolute Gasteiger partial charge is 0.497 e. The topological polar surface area (TPSA) is 67.6 Å². The molecule has 0 spiro atoms. The van der Waals surface area contributed by atoms with Gasteiger partial charge in [0.25, 0.3) is 0 Å².